The lowest BCUT2D eigenvalue weighted by molar-refractivity contribution is -0.155. The minimum absolute atomic E-state index is 0.220. The molecule has 2 aromatic heterocycles. The fraction of sp³-hybridized carbons (Fsp3) is 0.333. The molecular weight excluding hydrogens is 354 g/mol. The summed E-state index contributed by atoms with van der Waals surface area (Å²) < 4.78 is 9.35. The van der Waals surface area contributed by atoms with Gasteiger partial charge in [-0.25, -0.2) is 9.67 Å². The molecule has 7 nitrogen and oxygen atoms in total. The Hall–Kier alpha value is -3.22. The molecule has 144 valence electrons. The van der Waals surface area contributed by atoms with Crippen molar-refractivity contribution in [1.82, 2.24) is 24.5 Å². The van der Waals surface area contributed by atoms with E-state index in [0.717, 1.165) is 27.9 Å². The molecule has 2 aromatic carbocycles. The van der Waals surface area contributed by atoms with E-state index in [2.05, 4.69) is 14.9 Å². The molecule has 0 saturated heterocycles. The number of carbonyl (C=O) groups excluding carboxylic acids is 1. The van der Waals surface area contributed by atoms with Gasteiger partial charge in [-0.05, 0) is 45.0 Å². The highest BCUT2D eigenvalue weighted by Gasteiger charge is 2.18. The van der Waals surface area contributed by atoms with Gasteiger partial charge in [-0.1, -0.05) is 29.5 Å². The molecule has 0 atom stereocenters. The van der Waals surface area contributed by atoms with Crippen molar-refractivity contribution in [3.63, 3.8) is 0 Å². The van der Waals surface area contributed by atoms with Crippen molar-refractivity contribution in [3.05, 3.63) is 54.4 Å². The molecule has 0 aliphatic carbocycles. The SMILES string of the molecule is CC(C)(C)OC(=O)CCn1c(Cn2nnc3ccccc32)nc2ccccc21. The predicted octanol–water partition coefficient (Wildman–Crippen LogP) is 3.56. The first-order chi connectivity index (χ1) is 13.4. The number of esters is 1. The Morgan fingerprint density at radius 1 is 1.00 bits per heavy atom. The third kappa shape index (κ3) is 3.74. The van der Waals surface area contributed by atoms with Crippen LogP contribution in [0, 0.1) is 0 Å². The van der Waals surface area contributed by atoms with E-state index < -0.39 is 5.60 Å². The van der Waals surface area contributed by atoms with Gasteiger partial charge in [0.1, 0.15) is 23.5 Å². The van der Waals surface area contributed by atoms with E-state index in [0.29, 0.717) is 13.1 Å². The Balaban J connectivity index is 1.64. The molecule has 0 aliphatic rings. The van der Waals surface area contributed by atoms with Crippen LogP contribution in [-0.2, 0) is 22.6 Å². The molecular formula is C21H23N5O2. The van der Waals surface area contributed by atoms with Crippen molar-refractivity contribution in [1.29, 1.82) is 0 Å². The van der Waals surface area contributed by atoms with E-state index in [1.165, 1.54) is 0 Å². The second kappa shape index (κ2) is 7.07. The average molecular weight is 377 g/mol. The maximum absolute atomic E-state index is 12.2. The quantitative estimate of drug-likeness (QED) is 0.497. The molecule has 7 heteroatoms. The summed E-state index contributed by atoms with van der Waals surface area (Å²) in [7, 11) is 0. The Morgan fingerprint density at radius 2 is 1.68 bits per heavy atom. The Kier molecular flexibility index (Phi) is 4.58. The van der Waals surface area contributed by atoms with Crippen LogP contribution in [0.25, 0.3) is 22.1 Å². The summed E-state index contributed by atoms with van der Waals surface area (Å²) in [5.41, 5.74) is 3.19. The van der Waals surface area contributed by atoms with E-state index in [4.69, 9.17) is 9.72 Å². The number of rotatable bonds is 5. The Morgan fingerprint density at radius 3 is 2.43 bits per heavy atom. The second-order valence-corrected chi connectivity index (χ2v) is 7.74. The maximum Gasteiger partial charge on any atom is 0.308 e. The van der Waals surface area contributed by atoms with Crippen LogP contribution in [0.1, 0.15) is 33.0 Å². The molecule has 0 fully saturated rings. The van der Waals surface area contributed by atoms with Gasteiger partial charge in [-0.3, -0.25) is 4.79 Å². The fourth-order valence-corrected chi connectivity index (χ4v) is 3.26. The second-order valence-electron chi connectivity index (χ2n) is 7.74. The molecule has 0 N–H and O–H groups in total. The molecule has 0 saturated carbocycles. The molecule has 4 aromatic rings. The summed E-state index contributed by atoms with van der Waals surface area (Å²) in [6.45, 7) is 6.59. The molecule has 0 amide bonds. The Bertz CT molecular complexity index is 1140. The molecule has 28 heavy (non-hydrogen) atoms. The van der Waals surface area contributed by atoms with E-state index >= 15 is 0 Å². The molecule has 0 bridgehead atoms. The number of benzene rings is 2. The summed E-state index contributed by atoms with van der Waals surface area (Å²) in [5.74, 6) is 0.614. The maximum atomic E-state index is 12.2. The number of fused-ring (bicyclic) bond motifs is 2. The van der Waals surface area contributed by atoms with Gasteiger partial charge in [-0.2, -0.15) is 0 Å². The zero-order valence-electron chi connectivity index (χ0n) is 16.3. The smallest absolute Gasteiger partial charge is 0.308 e. The molecule has 0 aliphatic heterocycles. The number of aryl methyl sites for hydroxylation is 1. The van der Waals surface area contributed by atoms with Gasteiger partial charge in [0.25, 0.3) is 0 Å². The van der Waals surface area contributed by atoms with Crippen LogP contribution in [0.2, 0.25) is 0 Å². The third-order valence-corrected chi connectivity index (χ3v) is 4.40. The number of hydrogen-bond donors (Lipinski definition) is 0. The van der Waals surface area contributed by atoms with Gasteiger partial charge in [0, 0.05) is 6.54 Å². The third-order valence-electron chi connectivity index (χ3n) is 4.40. The van der Waals surface area contributed by atoms with Crippen LogP contribution >= 0.6 is 0 Å². The lowest BCUT2D eigenvalue weighted by Gasteiger charge is -2.19. The molecule has 0 spiro atoms. The number of nitrogens with zero attached hydrogens (tertiary/aromatic N) is 5. The first kappa shape index (κ1) is 18.2. The van der Waals surface area contributed by atoms with Gasteiger partial charge in [0.15, 0.2) is 0 Å². The number of hydrogen-bond acceptors (Lipinski definition) is 5. The summed E-state index contributed by atoms with van der Waals surface area (Å²) >= 11 is 0. The highest BCUT2D eigenvalue weighted by atomic mass is 16.6. The Labute approximate surface area is 162 Å². The largest absolute Gasteiger partial charge is 0.460 e. The summed E-state index contributed by atoms with van der Waals surface area (Å²) in [5, 5.41) is 8.48. The van der Waals surface area contributed by atoms with E-state index in [1.54, 1.807) is 0 Å². The lowest BCUT2D eigenvalue weighted by Crippen LogP contribution is -2.24. The average Bonchev–Trinajstić information content (AvgIpc) is 3.20. The van der Waals surface area contributed by atoms with Gasteiger partial charge in [-0.15, -0.1) is 5.10 Å². The molecule has 4 rings (SSSR count). The highest BCUT2D eigenvalue weighted by molar-refractivity contribution is 5.77. The van der Waals surface area contributed by atoms with Crippen LogP contribution < -0.4 is 0 Å². The van der Waals surface area contributed by atoms with Gasteiger partial charge in [0.2, 0.25) is 0 Å². The van der Waals surface area contributed by atoms with E-state index in [1.807, 2.05) is 74.0 Å². The van der Waals surface area contributed by atoms with Crippen molar-refractivity contribution in [2.24, 2.45) is 0 Å². The van der Waals surface area contributed by atoms with Crippen molar-refractivity contribution in [2.75, 3.05) is 0 Å². The number of carbonyl (C=O) groups is 1. The minimum Gasteiger partial charge on any atom is -0.460 e. The van der Waals surface area contributed by atoms with Crippen molar-refractivity contribution in [3.8, 4) is 0 Å². The van der Waals surface area contributed by atoms with Crippen LogP contribution in [0.4, 0.5) is 0 Å². The first-order valence-corrected chi connectivity index (χ1v) is 9.35. The van der Waals surface area contributed by atoms with E-state index in [-0.39, 0.29) is 12.4 Å². The van der Waals surface area contributed by atoms with Crippen molar-refractivity contribution in [2.45, 2.75) is 45.9 Å². The molecule has 0 unspecified atom stereocenters. The predicted molar refractivity (Wildman–Crippen MR) is 107 cm³/mol. The van der Waals surface area contributed by atoms with E-state index in [9.17, 15) is 4.79 Å². The molecule has 2 heterocycles. The van der Waals surface area contributed by atoms with Crippen LogP contribution in [0.3, 0.4) is 0 Å². The fourth-order valence-electron chi connectivity index (χ4n) is 3.26. The topological polar surface area (TPSA) is 74.8 Å². The lowest BCUT2D eigenvalue weighted by atomic mass is 10.2. The van der Waals surface area contributed by atoms with Crippen LogP contribution in [0.15, 0.2) is 48.5 Å². The summed E-state index contributed by atoms with van der Waals surface area (Å²) in [6, 6.07) is 15.8. The van der Waals surface area contributed by atoms with Gasteiger partial charge >= 0.3 is 5.97 Å². The summed E-state index contributed by atoms with van der Waals surface area (Å²) in [6.07, 6.45) is 0.280. The van der Waals surface area contributed by atoms with Crippen molar-refractivity contribution < 1.29 is 9.53 Å². The zero-order chi connectivity index (χ0) is 19.7. The number of ether oxygens (including phenoxy) is 1. The van der Waals surface area contributed by atoms with Gasteiger partial charge in [0.05, 0.1) is 23.0 Å². The van der Waals surface area contributed by atoms with Crippen LogP contribution in [0.5, 0.6) is 0 Å². The number of aromatic nitrogens is 5. The number of imidazole rings is 1. The van der Waals surface area contributed by atoms with Crippen LogP contribution in [-0.4, -0.2) is 36.1 Å². The monoisotopic (exact) mass is 377 g/mol. The number of para-hydroxylation sites is 3. The summed E-state index contributed by atoms with van der Waals surface area (Å²) in [4.78, 5) is 17.0. The molecule has 0 radical (unpaired) electrons. The standard InChI is InChI=1S/C21H23N5O2/c1-21(2,3)28-20(27)12-13-25-17-10-6-4-8-15(17)22-19(25)14-26-18-11-7-5-9-16(18)23-24-26/h4-11H,12-14H2,1-3H3. The first-order valence-electron chi connectivity index (χ1n) is 9.35. The van der Waals surface area contributed by atoms with Crippen molar-refractivity contribution >= 4 is 28.0 Å². The highest BCUT2D eigenvalue weighted by Crippen LogP contribution is 2.19. The van der Waals surface area contributed by atoms with Gasteiger partial charge < -0.3 is 9.30 Å². The normalized spacial score (nSPS) is 12.0. The zero-order valence-corrected chi connectivity index (χ0v) is 16.3. The minimum atomic E-state index is -0.490.